The molecule has 6 heteroatoms. The van der Waals surface area contributed by atoms with Crippen LogP contribution in [0, 0.1) is 6.92 Å². The molecule has 0 amide bonds. The zero-order valence-electron chi connectivity index (χ0n) is 13.1. The number of hydrogen-bond donors (Lipinski definition) is 1. The van der Waals surface area contributed by atoms with Crippen molar-refractivity contribution in [3.05, 3.63) is 63.1 Å². The fourth-order valence-corrected chi connectivity index (χ4v) is 3.97. The van der Waals surface area contributed by atoms with Gasteiger partial charge in [0, 0.05) is 5.38 Å². The summed E-state index contributed by atoms with van der Waals surface area (Å²) in [5, 5.41) is 12.6. The lowest BCUT2D eigenvalue weighted by atomic mass is 10.2. The van der Waals surface area contributed by atoms with Crippen LogP contribution in [-0.2, 0) is 17.8 Å². The molecule has 1 N–H and O–H groups in total. The lowest BCUT2D eigenvalue weighted by Crippen LogP contribution is -1.97. The van der Waals surface area contributed by atoms with Gasteiger partial charge in [0.05, 0.1) is 29.3 Å². The van der Waals surface area contributed by atoms with E-state index in [1.807, 2.05) is 48.7 Å². The van der Waals surface area contributed by atoms with Crippen LogP contribution in [0.25, 0.3) is 16.6 Å². The van der Waals surface area contributed by atoms with Crippen molar-refractivity contribution in [1.29, 1.82) is 0 Å². The summed E-state index contributed by atoms with van der Waals surface area (Å²) in [6.45, 7) is 1.84. The monoisotopic (exact) mass is 356 g/mol. The summed E-state index contributed by atoms with van der Waals surface area (Å²) in [5.74, 6) is 0.0248. The standard InChI is InChI=1S/C18H16N2O2S2/c1-12-18(24-17(10-21)19-12)15-11-23-16(20-15)9-14(22)8-7-13-5-3-2-4-6-13/h2-8,11,21H,9-10H2,1H3/b8-7+. The molecule has 1 aromatic carbocycles. The van der Waals surface area contributed by atoms with Gasteiger partial charge in [-0.15, -0.1) is 22.7 Å². The highest BCUT2D eigenvalue weighted by Crippen LogP contribution is 2.31. The van der Waals surface area contributed by atoms with Crippen molar-refractivity contribution in [1.82, 2.24) is 9.97 Å². The molecule has 122 valence electrons. The average Bonchev–Trinajstić information content (AvgIpc) is 3.20. The zero-order valence-corrected chi connectivity index (χ0v) is 14.7. The number of allylic oxidation sites excluding steroid dienone is 1. The molecule has 0 atom stereocenters. The minimum absolute atomic E-state index is 0.0248. The maximum Gasteiger partial charge on any atom is 0.162 e. The number of nitrogens with zero attached hydrogens (tertiary/aromatic N) is 2. The van der Waals surface area contributed by atoms with E-state index in [4.69, 9.17) is 0 Å². The summed E-state index contributed by atoms with van der Waals surface area (Å²) in [7, 11) is 0. The van der Waals surface area contributed by atoms with Crippen LogP contribution in [0.15, 0.2) is 41.8 Å². The fourth-order valence-electron chi connectivity index (χ4n) is 2.22. The second kappa shape index (κ2) is 7.61. The summed E-state index contributed by atoms with van der Waals surface area (Å²) >= 11 is 2.91. The van der Waals surface area contributed by atoms with E-state index < -0.39 is 0 Å². The highest BCUT2D eigenvalue weighted by atomic mass is 32.1. The molecule has 4 nitrogen and oxygen atoms in total. The topological polar surface area (TPSA) is 63.1 Å². The molecule has 0 aliphatic rings. The van der Waals surface area contributed by atoms with Gasteiger partial charge >= 0.3 is 0 Å². The molecule has 0 bridgehead atoms. The summed E-state index contributed by atoms with van der Waals surface area (Å²) in [4.78, 5) is 21.9. The first kappa shape index (κ1) is 16.7. The third-order valence-electron chi connectivity index (χ3n) is 3.35. The van der Waals surface area contributed by atoms with E-state index in [0.717, 1.165) is 26.8 Å². The second-order valence-corrected chi connectivity index (χ2v) is 7.22. The Morgan fingerprint density at radius 3 is 2.71 bits per heavy atom. The van der Waals surface area contributed by atoms with Gasteiger partial charge in [-0.05, 0) is 18.6 Å². The number of carbonyl (C=O) groups excluding carboxylic acids is 1. The van der Waals surface area contributed by atoms with E-state index in [-0.39, 0.29) is 12.4 Å². The van der Waals surface area contributed by atoms with Gasteiger partial charge in [0.15, 0.2) is 5.78 Å². The van der Waals surface area contributed by atoms with E-state index in [1.54, 1.807) is 6.08 Å². The Bertz CT molecular complexity index is 866. The smallest absolute Gasteiger partial charge is 0.162 e. The van der Waals surface area contributed by atoms with Gasteiger partial charge in [-0.3, -0.25) is 4.79 Å². The van der Waals surface area contributed by atoms with Gasteiger partial charge in [-0.1, -0.05) is 36.4 Å². The molecule has 0 spiro atoms. The first-order chi connectivity index (χ1) is 11.7. The molecule has 3 rings (SSSR count). The zero-order chi connectivity index (χ0) is 16.9. The molecule has 2 aromatic heterocycles. The number of rotatable bonds is 6. The Hall–Kier alpha value is -2.15. The predicted molar refractivity (Wildman–Crippen MR) is 98.1 cm³/mol. The number of aliphatic hydroxyl groups is 1. The molecule has 0 radical (unpaired) electrons. The SMILES string of the molecule is Cc1nc(CO)sc1-c1csc(CC(=O)/C=C/c2ccccc2)n1. The van der Waals surface area contributed by atoms with E-state index in [1.165, 1.54) is 22.7 Å². The molecule has 2 heterocycles. The fraction of sp³-hybridized carbons (Fsp3) is 0.167. The minimum Gasteiger partial charge on any atom is -0.389 e. The maximum atomic E-state index is 12.1. The number of ketones is 1. The first-order valence-electron chi connectivity index (χ1n) is 7.43. The van der Waals surface area contributed by atoms with Crippen LogP contribution in [0.2, 0.25) is 0 Å². The summed E-state index contributed by atoms with van der Waals surface area (Å²) < 4.78 is 0. The van der Waals surface area contributed by atoms with Crippen molar-refractivity contribution in [2.45, 2.75) is 20.0 Å². The number of hydrogen-bond acceptors (Lipinski definition) is 6. The Morgan fingerprint density at radius 1 is 1.21 bits per heavy atom. The first-order valence-corrected chi connectivity index (χ1v) is 9.13. The number of aryl methyl sites for hydroxylation is 1. The van der Waals surface area contributed by atoms with Crippen molar-refractivity contribution >= 4 is 34.5 Å². The van der Waals surface area contributed by atoms with Crippen molar-refractivity contribution in [2.75, 3.05) is 0 Å². The van der Waals surface area contributed by atoms with Crippen molar-refractivity contribution in [3.8, 4) is 10.6 Å². The van der Waals surface area contributed by atoms with Crippen LogP contribution >= 0.6 is 22.7 Å². The maximum absolute atomic E-state index is 12.1. The van der Waals surface area contributed by atoms with Crippen LogP contribution in [0.4, 0.5) is 0 Å². The lowest BCUT2D eigenvalue weighted by Gasteiger charge is -1.93. The number of benzene rings is 1. The third kappa shape index (κ3) is 4.03. The molecule has 0 saturated carbocycles. The minimum atomic E-state index is -0.0642. The molecule has 3 aromatic rings. The van der Waals surface area contributed by atoms with Crippen molar-refractivity contribution in [3.63, 3.8) is 0 Å². The number of carbonyl (C=O) groups is 1. The van der Waals surface area contributed by atoms with Crippen LogP contribution in [0.1, 0.15) is 21.3 Å². The van der Waals surface area contributed by atoms with Crippen LogP contribution in [0.3, 0.4) is 0 Å². The van der Waals surface area contributed by atoms with Crippen LogP contribution in [-0.4, -0.2) is 20.9 Å². The second-order valence-electron chi connectivity index (χ2n) is 5.19. The van der Waals surface area contributed by atoms with E-state index >= 15 is 0 Å². The van der Waals surface area contributed by atoms with Gasteiger partial charge in [-0.25, -0.2) is 9.97 Å². The van der Waals surface area contributed by atoms with Gasteiger partial charge in [0.2, 0.25) is 0 Å². The van der Waals surface area contributed by atoms with E-state index in [2.05, 4.69) is 9.97 Å². The summed E-state index contributed by atoms with van der Waals surface area (Å²) in [5.41, 5.74) is 2.68. The van der Waals surface area contributed by atoms with Crippen molar-refractivity contribution < 1.29 is 9.90 Å². The van der Waals surface area contributed by atoms with Crippen LogP contribution in [0.5, 0.6) is 0 Å². The molecule has 24 heavy (non-hydrogen) atoms. The Kier molecular flexibility index (Phi) is 5.30. The molecular weight excluding hydrogens is 340 g/mol. The summed E-state index contributed by atoms with van der Waals surface area (Å²) in [6.07, 6.45) is 3.70. The average molecular weight is 356 g/mol. The summed E-state index contributed by atoms with van der Waals surface area (Å²) in [6, 6.07) is 9.73. The molecule has 0 saturated heterocycles. The van der Waals surface area contributed by atoms with E-state index in [0.29, 0.717) is 11.4 Å². The molecule has 0 aliphatic heterocycles. The predicted octanol–water partition coefficient (Wildman–Crippen LogP) is 3.89. The van der Waals surface area contributed by atoms with Crippen LogP contribution < -0.4 is 0 Å². The molecular formula is C18H16N2O2S2. The Morgan fingerprint density at radius 2 is 2.00 bits per heavy atom. The lowest BCUT2D eigenvalue weighted by molar-refractivity contribution is -0.113. The third-order valence-corrected chi connectivity index (χ3v) is 5.36. The largest absolute Gasteiger partial charge is 0.389 e. The van der Waals surface area contributed by atoms with E-state index in [9.17, 15) is 9.90 Å². The molecule has 0 unspecified atom stereocenters. The van der Waals surface area contributed by atoms with Gasteiger partial charge in [0.1, 0.15) is 10.0 Å². The number of thiazole rings is 2. The Balaban J connectivity index is 1.68. The van der Waals surface area contributed by atoms with Gasteiger partial charge < -0.3 is 5.11 Å². The normalized spacial score (nSPS) is 11.2. The highest BCUT2D eigenvalue weighted by Gasteiger charge is 2.13. The number of aromatic nitrogens is 2. The molecule has 0 fully saturated rings. The highest BCUT2D eigenvalue weighted by molar-refractivity contribution is 7.16. The molecule has 0 aliphatic carbocycles. The quantitative estimate of drug-likeness (QED) is 0.681. The van der Waals surface area contributed by atoms with Gasteiger partial charge in [0.25, 0.3) is 0 Å². The van der Waals surface area contributed by atoms with Crippen molar-refractivity contribution in [2.24, 2.45) is 0 Å². The number of aliphatic hydroxyl groups excluding tert-OH is 1. The van der Waals surface area contributed by atoms with Gasteiger partial charge in [-0.2, -0.15) is 0 Å². The Labute approximate surface area is 148 Å².